The summed E-state index contributed by atoms with van der Waals surface area (Å²) in [7, 11) is 0. The van der Waals surface area contributed by atoms with Gasteiger partial charge in [-0.15, -0.1) is 11.3 Å². The molecular formula is C20H16O2S. The van der Waals surface area contributed by atoms with Crippen LogP contribution in [0.3, 0.4) is 0 Å². The number of thiophene rings is 1. The molecule has 3 aromatic rings. The van der Waals surface area contributed by atoms with Crippen LogP contribution in [-0.2, 0) is 0 Å². The van der Waals surface area contributed by atoms with Crippen LogP contribution in [0, 0.1) is 5.92 Å². The van der Waals surface area contributed by atoms with E-state index in [4.69, 9.17) is 4.42 Å². The quantitative estimate of drug-likeness (QED) is 0.584. The lowest BCUT2D eigenvalue weighted by Gasteiger charge is -2.10. The first-order chi connectivity index (χ1) is 11.2. The zero-order chi connectivity index (χ0) is 15.8. The van der Waals surface area contributed by atoms with Crippen LogP contribution in [0.15, 0.2) is 69.9 Å². The van der Waals surface area contributed by atoms with Gasteiger partial charge < -0.3 is 4.42 Å². The van der Waals surface area contributed by atoms with Gasteiger partial charge >= 0.3 is 5.63 Å². The first kappa shape index (κ1) is 14.2. The van der Waals surface area contributed by atoms with Gasteiger partial charge in [0.2, 0.25) is 0 Å². The van der Waals surface area contributed by atoms with E-state index in [-0.39, 0.29) is 5.63 Å². The fourth-order valence-corrected chi connectivity index (χ4v) is 3.92. The lowest BCUT2D eigenvalue weighted by Crippen LogP contribution is -1.97. The molecule has 0 radical (unpaired) electrons. The summed E-state index contributed by atoms with van der Waals surface area (Å²) in [5.74, 6) is 0.612. The van der Waals surface area contributed by atoms with E-state index in [1.54, 1.807) is 17.4 Å². The number of benzene rings is 1. The van der Waals surface area contributed by atoms with Crippen molar-refractivity contribution in [1.29, 1.82) is 0 Å². The molecule has 1 atom stereocenters. The van der Waals surface area contributed by atoms with E-state index >= 15 is 0 Å². The standard InChI is InChI=1S/C20H16O2S/c1-13-6-8-14(9-7-13)18-10-11-19(23-18)16-12-20(21)22-17-5-3-2-4-15(16)17/h2-6,8-13H,7H2,1H3. The van der Waals surface area contributed by atoms with Gasteiger partial charge in [0.05, 0.1) is 0 Å². The topological polar surface area (TPSA) is 30.2 Å². The van der Waals surface area contributed by atoms with E-state index < -0.39 is 0 Å². The molecule has 23 heavy (non-hydrogen) atoms. The fraction of sp³-hybridized carbons (Fsp3) is 0.150. The molecule has 2 heterocycles. The summed E-state index contributed by atoms with van der Waals surface area (Å²) in [6.45, 7) is 2.22. The molecule has 1 unspecified atom stereocenters. The van der Waals surface area contributed by atoms with Gasteiger partial charge in [0.25, 0.3) is 0 Å². The van der Waals surface area contributed by atoms with Crippen molar-refractivity contribution in [2.45, 2.75) is 13.3 Å². The molecule has 0 aliphatic heterocycles. The van der Waals surface area contributed by atoms with Crippen LogP contribution in [0.25, 0.3) is 27.0 Å². The Morgan fingerprint density at radius 3 is 2.78 bits per heavy atom. The van der Waals surface area contributed by atoms with Crippen molar-refractivity contribution >= 4 is 27.9 Å². The van der Waals surface area contributed by atoms with Crippen molar-refractivity contribution in [3.05, 3.63) is 76.0 Å². The average molecular weight is 320 g/mol. The van der Waals surface area contributed by atoms with Crippen LogP contribution in [0.4, 0.5) is 0 Å². The van der Waals surface area contributed by atoms with Crippen LogP contribution in [0.1, 0.15) is 18.2 Å². The van der Waals surface area contributed by atoms with Crippen molar-refractivity contribution in [3.63, 3.8) is 0 Å². The lowest BCUT2D eigenvalue weighted by atomic mass is 9.98. The SMILES string of the molecule is CC1C=CC(c2ccc(-c3cc(=O)oc4ccccc34)s2)=CC1. The van der Waals surface area contributed by atoms with Gasteiger partial charge in [0.15, 0.2) is 0 Å². The van der Waals surface area contributed by atoms with E-state index in [0.717, 1.165) is 22.2 Å². The Morgan fingerprint density at radius 1 is 1.13 bits per heavy atom. The number of allylic oxidation sites excluding steroid dienone is 4. The van der Waals surface area contributed by atoms with Crippen LogP contribution < -0.4 is 5.63 Å². The molecule has 114 valence electrons. The predicted octanol–water partition coefficient (Wildman–Crippen LogP) is 5.50. The number of hydrogen-bond donors (Lipinski definition) is 0. The first-order valence-corrected chi connectivity index (χ1v) is 8.54. The van der Waals surface area contributed by atoms with Gasteiger partial charge in [0, 0.05) is 26.8 Å². The summed E-state index contributed by atoms with van der Waals surface area (Å²) in [6, 6.07) is 13.5. The highest BCUT2D eigenvalue weighted by Gasteiger charge is 2.12. The molecule has 0 saturated carbocycles. The van der Waals surface area contributed by atoms with Crippen LogP contribution >= 0.6 is 11.3 Å². The minimum atomic E-state index is -0.306. The van der Waals surface area contributed by atoms with Gasteiger partial charge in [-0.1, -0.05) is 43.4 Å². The number of fused-ring (bicyclic) bond motifs is 1. The maximum atomic E-state index is 11.8. The summed E-state index contributed by atoms with van der Waals surface area (Å²) in [5, 5.41) is 0.974. The minimum Gasteiger partial charge on any atom is -0.423 e. The summed E-state index contributed by atoms with van der Waals surface area (Å²) in [5.41, 5.74) is 2.54. The molecule has 3 heteroatoms. The van der Waals surface area contributed by atoms with Crippen molar-refractivity contribution in [2.75, 3.05) is 0 Å². The Kier molecular flexibility index (Phi) is 3.50. The van der Waals surface area contributed by atoms with E-state index in [2.05, 4.69) is 37.3 Å². The molecule has 2 aromatic heterocycles. The van der Waals surface area contributed by atoms with Crippen LogP contribution in [0.5, 0.6) is 0 Å². The number of rotatable bonds is 2. The van der Waals surface area contributed by atoms with Gasteiger partial charge in [-0.25, -0.2) is 4.79 Å². The third-order valence-corrected chi connectivity index (χ3v) is 5.29. The molecule has 2 nitrogen and oxygen atoms in total. The average Bonchev–Trinajstić information content (AvgIpc) is 3.04. The fourth-order valence-electron chi connectivity index (χ4n) is 2.86. The van der Waals surface area contributed by atoms with Gasteiger partial charge in [-0.3, -0.25) is 0 Å². The Labute approximate surface area is 138 Å². The highest BCUT2D eigenvalue weighted by molar-refractivity contribution is 7.16. The highest BCUT2D eigenvalue weighted by atomic mass is 32.1. The monoisotopic (exact) mass is 320 g/mol. The molecule has 0 amide bonds. The highest BCUT2D eigenvalue weighted by Crippen LogP contribution is 2.36. The zero-order valence-corrected chi connectivity index (χ0v) is 13.6. The third kappa shape index (κ3) is 2.68. The van der Waals surface area contributed by atoms with Gasteiger partial charge in [-0.05, 0) is 36.1 Å². The second-order valence-electron chi connectivity index (χ2n) is 5.87. The van der Waals surface area contributed by atoms with E-state index in [0.29, 0.717) is 11.5 Å². The molecule has 1 aliphatic carbocycles. The Bertz CT molecular complexity index is 988. The van der Waals surface area contributed by atoms with Gasteiger partial charge in [-0.2, -0.15) is 0 Å². The second-order valence-corrected chi connectivity index (χ2v) is 6.95. The smallest absolute Gasteiger partial charge is 0.336 e. The molecule has 0 saturated heterocycles. The summed E-state index contributed by atoms with van der Waals surface area (Å²) >= 11 is 1.72. The molecular weight excluding hydrogens is 304 g/mol. The summed E-state index contributed by atoms with van der Waals surface area (Å²) in [4.78, 5) is 14.2. The Morgan fingerprint density at radius 2 is 1.96 bits per heavy atom. The Balaban J connectivity index is 1.81. The number of para-hydroxylation sites is 1. The predicted molar refractivity (Wildman–Crippen MR) is 96.7 cm³/mol. The minimum absolute atomic E-state index is 0.306. The maximum absolute atomic E-state index is 11.8. The molecule has 0 spiro atoms. The normalized spacial score (nSPS) is 17.4. The molecule has 0 bridgehead atoms. The maximum Gasteiger partial charge on any atom is 0.336 e. The Hall–Kier alpha value is -2.39. The molecule has 0 fully saturated rings. The van der Waals surface area contributed by atoms with Crippen molar-refractivity contribution in [2.24, 2.45) is 5.92 Å². The van der Waals surface area contributed by atoms with Crippen molar-refractivity contribution in [3.8, 4) is 10.4 Å². The largest absolute Gasteiger partial charge is 0.423 e. The van der Waals surface area contributed by atoms with E-state index in [1.165, 1.54) is 10.5 Å². The molecule has 0 N–H and O–H groups in total. The van der Waals surface area contributed by atoms with Crippen LogP contribution in [-0.4, -0.2) is 0 Å². The molecule has 4 rings (SSSR count). The number of hydrogen-bond acceptors (Lipinski definition) is 3. The molecule has 1 aliphatic rings. The molecule has 1 aromatic carbocycles. The van der Waals surface area contributed by atoms with E-state index in [9.17, 15) is 4.79 Å². The first-order valence-electron chi connectivity index (χ1n) is 7.72. The zero-order valence-electron chi connectivity index (χ0n) is 12.8. The summed E-state index contributed by atoms with van der Waals surface area (Å²) < 4.78 is 5.29. The lowest BCUT2D eigenvalue weighted by molar-refractivity contribution is 0.561. The van der Waals surface area contributed by atoms with Gasteiger partial charge in [0.1, 0.15) is 5.58 Å². The van der Waals surface area contributed by atoms with Crippen molar-refractivity contribution < 1.29 is 4.42 Å². The van der Waals surface area contributed by atoms with Crippen LogP contribution in [0.2, 0.25) is 0 Å². The van der Waals surface area contributed by atoms with Crippen molar-refractivity contribution in [1.82, 2.24) is 0 Å². The third-order valence-electron chi connectivity index (χ3n) is 4.12. The summed E-state index contributed by atoms with van der Waals surface area (Å²) in [6.07, 6.45) is 7.82. The van der Waals surface area contributed by atoms with E-state index in [1.807, 2.05) is 24.3 Å². The second kappa shape index (κ2) is 5.67.